The van der Waals surface area contributed by atoms with E-state index in [-0.39, 0.29) is 12.6 Å². The minimum atomic E-state index is -1.28. The average molecular weight is 244 g/mol. The molecule has 0 aromatic carbocycles. The van der Waals surface area contributed by atoms with Crippen LogP contribution in [0, 0.1) is 5.92 Å². The fraction of sp³-hybridized carbons (Fsp3) is 0.818. The zero-order valence-corrected chi connectivity index (χ0v) is 10.4. The Hall–Kier alpha value is -1.30. The molecule has 2 unspecified atom stereocenters. The van der Waals surface area contributed by atoms with Gasteiger partial charge in [-0.3, -0.25) is 0 Å². The van der Waals surface area contributed by atoms with Gasteiger partial charge in [0.2, 0.25) is 0 Å². The summed E-state index contributed by atoms with van der Waals surface area (Å²) in [6.45, 7) is 6.22. The van der Waals surface area contributed by atoms with Crippen LogP contribution in [0.3, 0.4) is 0 Å². The van der Waals surface area contributed by atoms with Gasteiger partial charge in [-0.1, -0.05) is 13.8 Å². The number of aliphatic carboxylic acids is 1. The van der Waals surface area contributed by atoms with Crippen LogP contribution in [0.25, 0.3) is 0 Å². The third-order valence-electron chi connectivity index (χ3n) is 3.14. The third kappa shape index (κ3) is 3.33. The van der Waals surface area contributed by atoms with Crippen LogP contribution < -0.4 is 10.6 Å². The minimum absolute atomic E-state index is 0.0110. The van der Waals surface area contributed by atoms with Crippen molar-refractivity contribution in [3.05, 3.63) is 0 Å². The zero-order chi connectivity index (χ0) is 13.1. The molecule has 0 radical (unpaired) electrons. The average Bonchev–Trinajstić information content (AvgIpc) is 2.67. The van der Waals surface area contributed by atoms with Crippen LogP contribution in [0.5, 0.6) is 0 Å². The molecule has 2 atom stereocenters. The summed E-state index contributed by atoms with van der Waals surface area (Å²) >= 11 is 0. The van der Waals surface area contributed by atoms with Gasteiger partial charge in [-0.2, -0.15) is 0 Å². The van der Waals surface area contributed by atoms with E-state index in [2.05, 4.69) is 10.6 Å². The van der Waals surface area contributed by atoms with E-state index >= 15 is 0 Å². The van der Waals surface area contributed by atoms with Crippen molar-refractivity contribution in [2.24, 2.45) is 5.92 Å². The lowest BCUT2D eigenvalue weighted by Crippen LogP contribution is -2.59. The number of rotatable bonds is 4. The van der Waals surface area contributed by atoms with Crippen molar-refractivity contribution in [3.8, 4) is 0 Å². The summed E-state index contributed by atoms with van der Waals surface area (Å²) in [7, 11) is 0. The van der Waals surface area contributed by atoms with Gasteiger partial charge in [-0.15, -0.1) is 0 Å². The summed E-state index contributed by atoms with van der Waals surface area (Å²) in [5.41, 5.74) is -1.28. The summed E-state index contributed by atoms with van der Waals surface area (Å²) in [4.78, 5) is 22.8. The van der Waals surface area contributed by atoms with E-state index < -0.39 is 17.5 Å². The van der Waals surface area contributed by atoms with Crippen LogP contribution in [0.4, 0.5) is 4.79 Å². The number of carboxylic acids is 1. The molecule has 1 rings (SSSR count). The lowest BCUT2D eigenvalue weighted by molar-refractivity contribution is -0.144. The number of carbonyl (C=O) groups is 2. The standard InChI is InChI=1S/C11H20N2O4/c1-7(2)8(3)12-10(16)13-11(9(14)15)4-5-17-6-11/h7-8H,4-6H2,1-3H3,(H,14,15)(H2,12,13,16). The molecule has 6 heteroatoms. The smallest absolute Gasteiger partial charge is 0.332 e. The molecule has 0 bridgehead atoms. The van der Waals surface area contributed by atoms with Gasteiger partial charge < -0.3 is 20.5 Å². The molecule has 98 valence electrons. The minimum Gasteiger partial charge on any atom is -0.479 e. The first-order valence-corrected chi connectivity index (χ1v) is 5.77. The molecule has 1 fully saturated rings. The zero-order valence-electron chi connectivity index (χ0n) is 10.4. The Labute approximate surface area is 101 Å². The molecule has 1 heterocycles. The van der Waals surface area contributed by atoms with Crippen LogP contribution in [-0.4, -0.2) is 41.9 Å². The molecular formula is C11H20N2O4. The van der Waals surface area contributed by atoms with Crippen molar-refractivity contribution in [1.29, 1.82) is 0 Å². The van der Waals surface area contributed by atoms with Gasteiger partial charge in [0.25, 0.3) is 0 Å². The number of amides is 2. The molecular weight excluding hydrogens is 224 g/mol. The van der Waals surface area contributed by atoms with E-state index in [0.717, 1.165) is 0 Å². The highest BCUT2D eigenvalue weighted by molar-refractivity contribution is 5.86. The van der Waals surface area contributed by atoms with Crippen LogP contribution in [0.1, 0.15) is 27.2 Å². The molecule has 17 heavy (non-hydrogen) atoms. The van der Waals surface area contributed by atoms with E-state index in [1.807, 2.05) is 20.8 Å². The molecule has 0 aliphatic carbocycles. The Bertz CT molecular complexity index is 298. The predicted octanol–water partition coefficient (Wildman–Crippen LogP) is 0.574. The SMILES string of the molecule is CC(C)C(C)NC(=O)NC1(C(=O)O)CCOC1. The summed E-state index contributed by atoms with van der Waals surface area (Å²) in [5, 5.41) is 14.4. The maximum absolute atomic E-state index is 11.7. The summed E-state index contributed by atoms with van der Waals surface area (Å²) < 4.78 is 5.05. The molecule has 3 N–H and O–H groups in total. The van der Waals surface area contributed by atoms with Gasteiger partial charge in [0.15, 0.2) is 5.54 Å². The number of ether oxygens (including phenoxy) is 1. The first-order chi connectivity index (χ1) is 7.87. The van der Waals surface area contributed by atoms with Crippen molar-refractivity contribution in [1.82, 2.24) is 10.6 Å². The number of carbonyl (C=O) groups excluding carboxylic acids is 1. The van der Waals surface area contributed by atoms with Crippen LogP contribution in [-0.2, 0) is 9.53 Å². The number of nitrogens with one attached hydrogen (secondary N) is 2. The van der Waals surface area contributed by atoms with E-state index in [1.54, 1.807) is 0 Å². The quantitative estimate of drug-likeness (QED) is 0.674. The fourth-order valence-electron chi connectivity index (χ4n) is 1.51. The molecule has 1 aliphatic heterocycles. The van der Waals surface area contributed by atoms with Gasteiger partial charge in [-0.25, -0.2) is 9.59 Å². The Morgan fingerprint density at radius 3 is 2.41 bits per heavy atom. The highest BCUT2D eigenvalue weighted by Crippen LogP contribution is 2.18. The lowest BCUT2D eigenvalue weighted by atomic mass is 9.99. The molecule has 0 spiro atoms. The van der Waals surface area contributed by atoms with Crippen molar-refractivity contribution >= 4 is 12.0 Å². The van der Waals surface area contributed by atoms with Crippen molar-refractivity contribution < 1.29 is 19.4 Å². The second-order valence-electron chi connectivity index (χ2n) is 4.82. The Balaban J connectivity index is 2.57. The first-order valence-electron chi connectivity index (χ1n) is 5.77. The van der Waals surface area contributed by atoms with Crippen LogP contribution in [0.15, 0.2) is 0 Å². The third-order valence-corrected chi connectivity index (χ3v) is 3.14. The maximum Gasteiger partial charge on any atom is 0.332 e. The molecule has 0 saturated carbocycles. The van der Waals surface area contributed by atoms with Gasteiger partial charge in [0, 0.05) is 19.1 Å². The molecule has 1 aliphatic rings. The van der Waals surface area contributed by atoms with Gasteiger partial charge >= 0.3 is 12.0 Å². The summed E-state index contributed by atoms with van der Waals surface area (Å²) in [5.74, 6) is -0.760. The largest absolute Gasteiger partial charge is 0.479 e. The molecule has 6 nitrogen and oxygen atoms in total. The van der Waals surface area contributed by atoms with Gasteiger partial charge in [0.1, 0.15) is 0 Å². The highest BCUT2D eigenvalue weighted by atomic mass is 16.5. The van der Waals surface area contributed by atoms with E-state index in [0.29, 0.717) is 18.9 Å². The van der Waals surface area contributed by atoms with E-state index in [1.165, 1.54) is 0 Å². The second kappa shape index (κ2) is 5.35. The molecule has 0 aromatic heterocycles. The van der Waals surface area contributed by atoms with Gasteiger partial charge in [-0.05, 0) is 12.8 Å². The van der Waals surface area contributed by atoms with Crippen molar-refractivity contribution in [3.63, 3.8) is 0 Å². The number of hydrogen-bond acceptors (Lipinski definition) is 3. The van der Waals surface area contributed by atoms with Gasteiger partial charge in [0.05, 0.1) is 6.61 Å². The molecule has 0 aromatic rings. The Kier molecular flexibility index (Phi) is 4.34. The van der Waals surface area contributed by atoms with Crippen molar-refractivity contribution in [2.45, 2.75) is 38.8 Å². The van der Waals surface area contributed by atoms with E-state index in [9.17, 15) is 9.59 Å². The highest BCUT2D eigenvalue weighted by Gasteiger charge is 2.44. The first kappa shape index (κ1) is 13.8. The number of urea groups is 1. The fourth-order valence-corrected chi connectivity index (χ4v) is 1.51. The number of carboxylic acid groups (broad SMARTS) is 1. The summed E-state index contributed by atoms with van der Waals surface area (Å²) in [6.07, 6.45) is 0.297. The lowest BCUT2D eigenvalue weighted by Gasteiger charge is -2.26. The Morgan fingerprint density at radius 2 is 2.00 bits per heavy atom. The predicted molar refractivity (Wildman–Crippen MR) is 61.8 cm³/mol. The summed E-state index contributed by atoms with van der Waals surface area (Å²) in [6, 6.07) is -0.470. The number of hydrogen-bond donors (Lipinski definition) is 3. The maximum atomic E-state index is 11.7. The van der Waals surface area contributed by atoms with Crippen LogP contribution in [0.2, 0.25) is 0 Å². The monoisotopic (exact) mass is 244 g/mol. The Morgan fingerprint density at radius 1 is 1.35 bits per heavy atom. The topological polar surface area (TPSA) is 87.7 Å². The van der Waals surface area contributed by atoms with E-state index in [4.69, 9.17) is 9.84 Å². The van der Waals surface area contributed by atoms with Crippen molar-refractivity contribution in [2.75, 3.05) is 13.2 Å². The second-order valence-corrected chi connectivity index (χ2v) is 4.82. The molecule has 1 saturated heterocycles. The molecule has 2 amide bonds. The van der Waals surface area contributed by atoms with Crippen LogP contribution >= 0.6 is 0 Å². The normalized spacial score (nSPS) is 25.6.